The normalized spacial score (nSPS) is 21.4. The first kappa shape index (κ1) is 14.4. The summed E-state index contributed by atoms with van der Waals surface area (Å²) in [5.41, 5.74) is -0.0443. The van der Waals surface area contributed by atoms with E-state index in [0.717, 1.165) is 31.0 Å². The third kappa shape index (κ3) is 2.85. The zero-order chi connectivity index (χ0) is 15.6. The monoisotopic (exact) mass is 311 g/mol. The van der Waals surface area contributed by atoms with Crippen molar-refractivity contribution in [1.82, 2.24) is 19.7 Å². The summed E-state index contributed by atoms with van der Waals surface area (Å²) < 4.78 is 1.55. The molecule has 0 bridgehead atoms. The second-order valence-electron chi connectivity index (χ2n) is 6.43. The van der Waals surface area contributed by atoms with Crippen LogP contribution in [0.15, 0.2) is 35.4 Å². The van der Waals surface area contributed by atoms with Gasteiger partial charge in [-0.05, 0) is 37.8 Å². The van der Waals surface area contributed by atoms with E-state index in [4.69, 9.17) is 4.98 Å². The maximum Gasteiger partial charge on any atom is 0.266 e. The summed E-state index contributed by atoms with van der Waals surface area (Å²) in [6, 6.07) is 5.50. The van der Waals surface area contributed by atoms with Crippen molar-refractivity contribution in [1.29, 1.82) is 0 Å². The van der Waals surface area contributed by atoms with E-state index < -0.39 is 0 Å². The highest BCUT2D eigenvalue weighted by molar-refractivity contribution is 5.40. The van der Waals surface area contributed by atoms with Crippen LogP contribution in [-0.2, 0) is 6.54 Å². The summed E-state index contributed by atoms with van der Waals surface area (Å²) in [5, 5.41) is 4.18. The van der Waals surface area contributed by atoms with Crippen LogP contribution >= 0.6 is 0 Å². The van der Waals surface area contributed by atoms with Gasteiger partial charge >= 0.3 is 0 Å². The Balaban J connectivity index is 1.55. The molecule has 2 aromatic rings. The van der Waals surface area contributed by atoms with Gasteiger partial charge in [-0.2, -0.15) is 5.10 Å². The van der Waals surface area contributed by atoms with E-state index in [9.17, 15) is 4.79 Å². The Hall–Kier alpha value is -2.24. The minimum absolute atomic E-state index is 0.0443. The molecule has 0 N–H and O–H groups in total. The number of nitrogens with zero attached hydrogens (tertiary/aromatic N) is 5. The molecule has 0 aromatic carbocycles. The van der Waals surface area contributed by atoms with Crippen LogP contribution in [0.25, 0.3) is 0 Å². The van der Waals surface area contributed by atoms with Gasteiger partial charge in [-0.15, -0.1) is 0 Å². The van der Waals surface area contributed by atoms with Gasteiger partial charge in [0.05, 0.1) is 12.6 Å². The summed E-state index contributed by atoms with van der Waals surface area (Å²) in [6.45, 7) is 1.59. The van der Waals surface area contributed by atoms with Gasteiger partial charge in [0.2, 0.25) is 0 Å². The molecule has 6 nitrogen and oxygen atoms in total. The maximum atomic E-state index is 11.9. The van der Waals surface area contributed by atoms with Crippen LogP contribution in [0, 0.1) is 0 Å². The average molecular weight is 311 g/mol. The van der Waals surface area contributed by atoms with Crippen molar-refractivity contribution >= 4 is 5.82 Å². The molecule has 6 heteroatoms. The first-order valence-corrected chi connectivity index (χ1v) is 8.43. The molecule has 2 aliphatic rings. The number of hydrogen-bond donors (Lipinski definition) is 0. The molecule has 1 saturated heterocycles. The molecule has 4 rings (SSSR count). The number of rotatable bonds is 4. The predicted octanol–water partition coefficient (Wildman–Crippen LogP) is 1.97. The Labute approximate surface area is 135 Å². The molecule has 1 unspecified atom stereocenters. The van der Waals surface area contributed by atoms with E-state index in [1.807, 2.05) is 12.3 Å². The van der Waals surface area contributed by atoms with Crippen molar-refractivity contribution in [3.63, 3.8) is 0 Å². The van der Waals surface area contributed by atoms with Crippen molar-refractivity contribution < 1.29 is 0 Å². The van der Waals surface area contributed by atoms with Crippen LogP contribution in [0.4, 0.5) is 5.82 Å². The van der Waals surface area contributed by atoms with Crippen LogP contribution in [0.2, 0.25) is 0 Å². The fourth-order valence-electron chi connectivity index (χ4n) is 3.44. The minimum atomic E-state index is -0.0443. The van der Waals surface area contributed by atoms with E-state index >= 15 is 0 Å². The van der Waals surface area contributed by atoms with E-state index in [2.05, 4.69) is 15.0 Å². The highest BCUT2D eigenvalue weighted by atomic mass is 16.1. The van der Waals surface area contributed by atoms with Crippen molar-refractivity contribution in [3.8, 4) is 0 Å². The molecule has 0 spiro atoms. The minimum Gasteiger partial charge on any atom is -0.352 e. The lowest BCUT2D eigenvalue weighted by atomic mass is 9.85. The van der Waals surface area contributed by atoms with E-state index in [1.165, 1.54) is 19.3 Å². The quantitative estimate of drug-likeness (QED) is 0.864. The van der Waals surface area contributed by atoms with Gasteiger partial charge in [-0.25, -0.2) is 14.6 Å². The largest absolute Gasteiger partial charge is 0.352 e. The zero-order valence-electron chi connectivity index (χ0n) is 13.1. The third-order valence-corrected chi connectivity index (χ3v) is 4.97. The van der Waals surface area contributed by atoms with Gasteiger partial charge in [0.1, 0.15) is 11.6 Å². The Morgan fingerprint density at radius 2 is 2.04 bits per heavy atom. The highest BCUT2D eigenvalue weighted by Crippen LogP contribution is 2.35. The Morgan fingerprint density at radius 1 is 1.13 bits per heavy atom. The van der Waals surface area contributed by atoms with Crippen LogP contribution in [0.3, 0.4) is 0 Å². The Kier molecular flexibility index (Phi) is 3.81. The fourth-order valence-corrected chi connectivity index (χ4v) is 3.44. The molecule has 1 atom stereocenters. The molecule has 0 radical (unpaired) electrons. The summed E-state index contributed by atoms with van der Waals surface area (Å²) in [4.78, 5) is 23.5. The molecular weight excluding hydrogens is 290 g/mol. The average Bonchev–Trinajstić information content (AvgIpc) is 2.96. The molecule has 2 fully saturated rings. The molecule has 0 amide bonds. The standard InChI is InChI=1S/C17H21N5O/c23-16-7-2-9-19-22(16)12-14-6-3-11-21(14)15-8-10-18-17(20-15)13-4-1-5-13/h2,7-10,13-14H,1,3-6,11-12H2. The molecule has 120 valence electrons. The van der Waals surface area contributed by atoms with Crippen LogP contribution in [0.5, 0.6) is 0 Å². The molecule has 23 heavy (non-hydrogen) atoms. The third-order valence-electron chi connectivity index (χ3n) is 4.97. The van der Waals surface area contributed by atoms with Crippen molar-refractivity contribution in [2.45, 2.75) is 50.6 Å². The summed E-state index contributed by atoms with van der Waals surface area (Å²) in [6.07, 6.45) is 9.42. The molecule has 3 heterocycles. The number of hydrogen-bond acceptors (Lipinski definition) is 5. The second kappa shape index (κ2) is 6.10. The number of anilines is 1. The summed E-state index contributed by atoms with van der Waals surface area (Å²) in [5.74, 6) is 2.51. The lowest BCUT2D eigenvalue weighted by Crippen LogP contribution is -2.37. The molecule has 1 saturated carbocycles. The lowest BCUT2D eigenvalue weighted by Gasteiger charge is -2.28. The first-order chi connectivity index (χ1) is 11.3. The van der Waals surface area contributed by atoms with E-state index in [1.54, 1.807) is 23.0 Å². The van der Waals surface area contributed by atoms with Gasteiger partial charge in [0.25, 0.3) is 5.56 Å². The fraction of sp³-hybridized carbons (Fsp3) is 0.529. The van der Waals surface area contributed by atoms with E-state index in [-0.39, 0.29) is 11.6 Å². The van der Waals surface area contributed by atoms with Crippen molar-refractivity contribution in [2.75, 3.05) is 11.4 Å². The van der Waals surface area contributed by atoms with Crippen LogP contribution < -0.4 is 10.5 Å². The Bertz CT molecular complexity index is 740. The van der Waals surface area contributed by atoms with Crippen molar-refractivity contribution in [3.05, 3.63) is 46.8 Å². The first-order valence-electron chi connectivity index (χ1n) is 8.43. The number of aromatic nitrogens is 4. The molecule has 1 aliphatic heterocycles. The topological polar surface area (TPSA) is 63.9 Å². The highest BCUT2D eigenvalue weighted by Gasteiger charge is 2.28. The van der Waals surface area contributed by atoms with E-state index in [0.29, 0.717) is 12.5 Å². The van der Waals surface area contributed by atoms with Crippen molar-refractivity contribution in [2.24, 2.45) is 0 Å². The van der Waals surface area contributed by atoms with Crippen LogP contribution in [-0.4, -0.2) is 32.3 Å². The van der Waals surface area contributed by atoms with Gasteiger partial charge in [-0.3, -0.25) is 4.79 Å². The molecule has 2 aromatic heterocycles. The molecular formula is C17H21N5O. The van der Waals surface area contributed by atoms with Gasteiger partial charge in [0, 0.05) is 30.9 Å². The molecule has 1 aliphatic carbocycles. The second-order valence-corrected chi connectivity index (χ2v) is 6.43. The Morgan fingerprint density at radius 3 is 2.83 bits per heavy atom. The maximum absolute atomic E-state index is 11.9. The summed E-state index contributed by atoms with van der Waals surface area (Å²) in [7, 11) is 0. The van der Waals surface area contributed by atoms with Gasteiger partial charge in [-0.1, -0.05) is 6.42 Å². The summed E-state index contributed by atoms with van der Waals surface area (Å²) >= 11 is 0. The SMILES string of the molecule is O=c1cccnn1CC1CCCN1c1ccnc(C2CCC2)n1. The predicted molar refractivity (Wildman–Crippen MR) is 87.5 cm³/mol. The zero-order valence-corrected chi connectivity index (χ0v) is 13.1. The van der Waals surface area contributed by atoms with Gasteiger partial charge in [0.15, 0.2) is 0 Å². The smallest absolute Gasteiger partial charge is 0.266 e. The lowest BCUT2D eigenvalue weighted by molar-refractivity contribution is 0.400. The van der Waals surface area contributed by atoms with Gasteiger partial charge < -0.3 is 4.90 Å². The van der Waals surface area contributed by atoms with Crippen LogP contribution in [0.1, 0.15) is 43.8 Å².